The first-order valence-electron chi connectivity index (χ1n) is 9.66. The van der Waals surface area contributed by atoms with E-state index < -0.39 is 16.1 Å². The number of ether oxygens (including phenoxy) is 1. The average Bonchev–Trinajstić information content (AvgIpc) is 3.18. The fourth-order valence-electron chi connectivity index (χ4n) is 3.80. The first kappa shape index (κ1) is 20.3. The van der Waals surface area contributed by atoms with Crippen molar-refractivity contribution in [2.24, 2.45) is 5.92 Å². The zero-order valence-electron chi connectivity index (χ0n) is 16.3. The van der Waals surface area contributed by atoms with Crippen LogP contribution in [0, 0.1) is 5.92 Å². The van der Waals surface area contributed by atoms with Gasteiger partial charge in [-0.05, 0) is 56.5 Å². The average molecular weight is 395 g/mol. The lowest BCUT2D eigenvalue weighted by Crippen LogP contribution is -2.49. The summed E-state index contributed by atoms with van der Waals surface area (Å²) in [5, 5.41) is 12.8. The Balaban J connectivity index is 2.11. The molecule has 0 saturated heterocycles. The summed E-state index contributed by atoms with van der Waals surface area (Å²) in [6.07, 6.45) is 5.26. The maximum absolute atomic E-state index is 13.3. The molecule has 6 nitrogen and oxygen atoms in total. The lowest BCUT2D eigenvalue weighted by atomic mass is 10.0. The molecule has 0 radical (unpaired) electrons. The van der Waals surface area contributed by atoms with E-state index in [1.807, 2.05) is 26.1 Å². The number of hydrogen-bond acceptors (Lipinski definition) is 5. The van der Waals surface area contributed by atoms with Crippen LogP contribution in [0.2, 0.25) is 0 Å². The maximum Gasteiger partial charge on any atom is 0.247 e. The summed E-state index contributed by atoms with van der Waals surface area (Å²) in [6.45, 7) is 4.43. The Labute approximate surface area is 162 Å². The molecule has 3 atom stereocenters. The van der Waals surface area contributed by atoms with Gasteiger partial charge < -0.3 is 15.2 Å². The monoisotopic (exact) mass is 394 g/mol. The van der Waals surface area contributed by atoms with Crippen molar-refractivity contribution in [3.63, 3.8) is 0 Å². The Bertz CT molecular complexity index is 806. The predicted molar refractivity (Wildman–Crippen MR) is 106 cm³/mol. The second-order valence-electron chi connectivity index (χ2n) is 7.58. The highest BCUT2D eigenvalue weighted by Gasteiger charge is 2.37. The van der Waals surface area contributed by atoms with E-state index in [0.717, 1.165) is 24.8 Å². The highest BCUT2D eigenvalue weighted by molar-refractivity contribution is 7.89. The van der Waals surface area contributed by atoms with Gasteiger partial charge >= 0.3 is 0 Å². The fraction of sp³-hybridized carbons (Fsp3) is 0.600. The molecule has 1 heterocycles. The third-order valence-corrected chi connectivity index (χ3v) is 7.50. The van der Waals surface area contributed by atoms with Gasteiger partial charge in [0.15, 0.2) is 0 Å². The number of hydrogen-bond donors (Lipinski definition) is 2. The predicted octanol–water partition coefficient (Wildman–Crippen LogP) is 2.24. The summed E-state index contributed by atoms with van der Waals surface area (Å²) >= 11 is 0. The minimum Gasteiger partial charge on any atom is -0.487 e. The van der Waals surface area contributed by atoms with Crippen LogP contribution < -0.4 is 10.1 Å². The van der Waals surface area contributed by atoms with Gasteiger partial charge in [0, 0.05) is 25.0 Å². The van der Waals surface area contributed by atoms with Crippen LogP contribution in [-0.2, 0) is 10.0 Å². The molecule has 2 aliphatic rings. The molecule has 1 aromatic carbocycles. The lowest BCUT2D eigenvalue weighted by Gasteiger charge is -2.36. The normalized spacial score (nSPS) is 26.4. The number of allylic oxidation sites excluding steroid dienone is 2. The van der Waals surface area contributed by atoms with E-state index in [-0.39, 0.29) is 23.5 Å². The summed E-state index contributed by atoms with van der Waals surface area (Å²) in [4.78, 5) is 0.179. The molecule has 1 aliphatic heterocycles. The Hall–Kier alpha value is -1.41. The number of benzene rings is 1. The van der Waals surface area contributed by atoms with Crippen molar-refractivity contribution in [2.75, 3.05) is 26.7 Å². The summed E-state index contributed by atoms with van der Waals surface area (Å²) in [5.41, 5.74) is 2.28. The molecule has 0 fully saturated rings. The zero-order valence-corrected chi connectivity index (χ0v) is 17.1. The number of nitrogens with zero attached hydrogens (tertiary/aromatic N) is 1. The van der Waals surface area contributed by atoms with Gasteiger partial charge in [-0.2, -0.15) is 4.31 Å². The molecule has 0 unspecified atom stereocenters. The minimum absolute atomic E-state index is 0.0243. The van der Waals surface area contributed by atoms with Crippen molar-refractivity contribution in [1.29, 1.82) is 0 Å². The molecule has 0 saturated carbocycles. The van der Waals surface area contributed by atoms with E-state index in [4.69, 9.17) is 4.74 Å². The van der Waals surface area contributed by atoms with Crippen LogP contribution in [0.1, 0.15) is 38.7 Å². The molecular formula is C20H30N2O4S. The van der Waals surface area contributed by atoms with Gasteiger partial charge in [0.2, 0.25) is 10.0 Å². The lowest BCUT2D eigenvalue weighted by molar-refractivity contribution is 0.103. The standard InChI is InChI=1S/C20H30N2O4S/c1-14-12-22(15(2)13-23)27(24,25)20-9-8-17(16-6-4-5-7-16)10-18(20)26-19(14)11-21-3/h6,8-10,14-15,19,21,23H,4-5,7,11-13H2,1-3H3/t14-,15+,19+/m0/s1. The van der Waals surface area contributed by atoms with Gasteiger partial charge in [0.1, 0.15) is 16.7 Å². The Morgan fingerprint density at radius 3 is 2.81 bits per heavy atom. The molecule has 3 rings (SSSR count). The Morgan fingerprint density at radius 2 is 2.19 bits per heavy atom. The van der Waals surface area contributed by atoms with Crippen molar-refractivity contribution in [3.8, 4) is 5.75 Å². The molecule has 0 amide bonds. The summed E-state index contributed by atoms with van der Waals surface area (Å²) < 4.78 is 34.3. The van der Waals surface area contributed by atoms with Gasteiger partial charge in [-0.15, -0.1) is 0 Å². The van der Waals surface area contributed by atoms with Gasteiger partial charge in [-0.1, -0.05) is 19.1 Å². The van der Waals surface area contributed by atoms with E-state index in [2.05, 4.69) is 11.4 Å². The van der Waals surface area contributed by atoms with Gasteiger partial charge in [0.25, 0.3) is 0 Å². The SMILES string of the molecule is CNC[C@H]1Oc2cc(C3=CCCC3)ccc2S(=O)(=O)N([C@H](C)CO)C[C@@H]1C. The Morgan fingerprint density at radius 1 is 1.41 bits per heavy atom. The third-order valence-electron chi connectivity index (χ3n) is 5.48. The molecule has 150 valence electrons. The first-order valence-corrected chi connectivity index (χ1v) is 11.1. The summed E-state index contributed by atoms with van der Waals surface area (Å²) in [6, 6.07) is 4.90. The molecule has 7 heteroatoms. The number of nitrogens with one attached hydrogen (secondary N) is 1. The van der Waals surface area contributed by atoms with Crippen molar-refractivity contribution in [3.05, 3.63) is 29.8 Å². The second kappa shape index (κ2) is 8.31. The van der Waals surface area contributed by atoms with E-state index in [0.29, 0.717) is 18.8 Å². The van der Waals surface area contributed by atoms with Gasteiger partial charge in [0.05, 0.1) is 6.61 Å². The van der Waals surface area contributed by atoms with Crippen LogP contribution in [0.15, 0.2) is 29.2 Å². The molecular weight excluding hydrogens is 364 g/mol. The third kappa shape index (κ3) is 4.06. The van der Waals surface area contributed by atoms with Crippen LogP contribution in [0.5, 0.6) is 5.75 Å². The molecule has 1 aromatic rings. The maximum atomic E-state index is 13.3. The first-order chi connectivity index (χ1) is 12.9. The molecule has 0 spiro atoms. The van der Waals surface area contributed by atoms with Crippen LogP contribution in [0.4, 0.5) is 0 Å². The highest BCUT2D eigenvalue weighted by Crippen LogP contribution is 2.37. The highest BCUT2D eigenvalue weighted by atomic mass is 32.2. The van der Waals surface area contributed by atoms with Crippen molar-refractivity contribution < 1.29 is 18.3 Å². The van der Waals surface area contributed by atoms with Crippen LogP contribution in [0.25, 0.3) is 5.57 Å². The van der Waals surface area contributed by atoms with E-state index in [1.165, 1.54) is 9.88 Å². The van der Waals surface area contributed by atoms with E-state index in [9.17, 15) is 13.5 Å². The van der Waals surface area contributed by atoms with E-state index in [1.54, 1.807) is 13.0 Å². The van der Waals surface area contributed by atoms with Crippen LogP contribution >= 0.6 is 0 Å². The van der Waals surface area contributed by atoms with Crippen molar-refractivity contribution in [2.45, 2.75) is 50.2 Å². The van der Waals surface area contributed by atoms with Crippen LogP contribution in [-0.4, -0.2) is 56.7 Å². The number of aliphatic hydroxyl groups is 1. The molecule has 1 aliphatic carbocycles. The largest absolute Gasteiger partial charge is 0.487 e. The topological polar surface area (TPSA) is 78.9 Å². The number of rotatable bonds is 5. The van der Waals surface area contributed by atoms with Crippen LogP contribution in [0.3, 0.4) is 0 Å². The minimum atomic E-state index is -3.76. The molecule has 2 N–H and O–H groups in total. The molecule has 27 heavy (non-hydrogen) atoms. The zero-order chi connectivity index (χ0) is 19.6. The van der Waals surface area contributed by atoms with Crippen molar-refractivity contribution in [1.82, 2.24) is 9.62 Å². The number of fused-ring (bicyclic) bond motifs is 1. The second-order valence-corrected chi connectivity index (χ2v) is 9.44. The van der Waals surface area contributed by atoms with Gasteiger partial charge in [-0.3, -0.25) is 0 Å². The molecule has 0 aromatic heterocycles. The fourth-order valence-corrected chi connectivity index (χ4v) is 5.63. The quantitative estimate of drug-likeness (QED) is 0.801. The van der Waals surface area contributed by atoms with Crippen molar-refractivity contribution >= 4 is 15.6 Å². The Kier molecular flexibility index (Phi) is 6.25. The number of aliphatic hydroxyl groups excluding tert-OH is 1. The summed E-state index contributed by atoms with van der Waals surface area (Å²) in [7, 11) is -1.90. The number of likely N-dealkylation sites (N-methyl/N-ethyl adjacent to an activating group) is 1. The van der Waals surface area contributed by atoms with Gasteiger partial charge in [-0.25, -0.2) is 8.42 Å². The molecule has 0 bridgehead atoms. The number of sulfonamides is 1. The summed E-state index contributed by atoms with van der Waals surface area (Å²) in [5.74, 6) is 0.381. The van der Waals surface area contributed by atoms with E-state index >= 15 is 0 Å². The smallest absolute Gasteiger partial charge is 0.247 e.